The number of allylic oxidation sites excluding steroid dienone is 2. The van der Waals surface area contributed by atoms with E-state index in [4.69, 9.17) is 4.74 Å². The third kappa shape index (κ3) is 5.21. The fourth-order valence-electron chi connectivity index (χ4n) is 3.77. The molecule has 0 aromatic rings. The zero-order valence-electron chi connectivity index (χ0n) is 18.1. The molecule has 0 spiro atoms. The maximum absolute atomic E-state index is 12.7. The predicted molar refractivity (Wildman–Crippen MR) is 130 cm³/mol. The molecule has 3 aliphatic heterocycles. The summed E-state index contributed by atoms with van der Waals surface area (Å²) < 4.78 is 5.08. The van der Waals surface area contributed by atoms with Crippen molar-refractivity contribution in [3.05, 3.63) is 35.1 Å². The van der Waals surface area contributed by atoms with Gasteiger partial charge in [-0.15, -0.1) is 35.3 Å². The molecule has 3 heterocycles. The number of carboxylic acid groups (broad SMARTS) is 1. The van der Waals surface area contributed by atoms with Crippen LogP contribution in [0.1, 0.15) is 13.3 Å². The first-order valence-electron chi connectivity index (χ1n) is 10.5. The molecule has 0 aromatic carbocycles. The topological polar surface area (TPSA) is 146 Å². The van der Waals surface area contributed by atoms with Crippen LogP contribution >= 0.6 is 35.3 Å². The minimum Gasteiger partial charge on any atom is -0.477 e. The Morgan fingerprint density at radius 1 is 1.26 bits per heavy atom. The molecule has 34 heavy (non-hydrogen) atoms. The number of aliphatic imine (C=N–C) groups is 1. The summed E-state index contributed by atoms with van der Waals surface area (Å²) in [6, 6.07) is -0.960. The summed E-state index contributed by atoms with van der Waals surface area (Å²) in [5.41, 5.74) is 1.37. The van der Waals surface area contributed by atoms with Gasteiger partial charge in [-0.3, -0.25) is 24.3 Å². The Hall–Kier alpha value is -2.22. The highest BCUT2D eigenvalue weighted by molar-refractivity contribution is 8.20. The van der Waals surface area contributed by atoms with Crippen molar-refractivity contribution in [1.29, 1.82) is 0 Å². The van der Waals surface area contributed by atoms with Crippen molar-refractivity contribution in [3.8, 4) is 0 Å². The van der Waals surface area contributed by atoms with Gasteiger partial charge < -0.3 is 20.3 Å². The number of β-lactam (4-membered cyclic amide) rings is 1. The minimum absolute atomic E-state index is 0.183. The smallest absolute Gasteiger partial charge is 0.352 e. The summed E-state index contributed by atoms with van der Waals surface area (Å²) in [6.07, 6.45) is 4.21. The zero-order chi connectivity index (χ0) is 24.4. The van der Waals surface area contributed by atoms with Crippen LogP contribution in [0.2, 0.25) is 0 Å². The van der Waals surface area contributed by atoms with E-state index < -0.39 is 41.3 Å². The van der Waals surface area contributed by atoms with E-state index in [-0.39, 0.29) is 22.8 Å². The number of amides is 2. The van der Waals surface area contributed by atoms with Gasteiger partial charge >= 0.3 is 11.9 Å². The number of hydrogen-bond acceptors (Lipinski definition) is 10. The van der Waals surface area contributed by atoms with Gasteiger partial charge in [-0.2, -0.15) is 0 Å². The molecule has 3 atom stereocenters. The number of aliphatic hydroxyl groups is 1. The number of ether oxygens (including phenoxy) is 1. The van der Waals surface area contributed by atoms with Gasteiger partial charge in [0.25, 0.3) is 11.8 Å². The standard InChI is InChI=1S/C21H23N3O7S3/c1-10(25)31-8-12-9-34-19-14(18(28)24(19)15(12)20(29)30)23-17(27)16(26)11-2-4-13(5-3-11)22-21-32-6-7-33-21/h2-4,14,16,19,21,26H,5-9H2,1H3,(H,23,27)(H,29,30)/t14-,16?,19-/m1/s1. The maximum atomic E-state index is 12.7. The lowest BCUT2D eigenvalue weighted by molar-refractivity contribution is -0.151. The molecule has 0 radical (unpaired) electrons. The van der Waals surface area contributed by atoms with Gasteiger partial charge in [-0.05, 0) is 11.6 Å². The Labute approximate surface area is 208 Å². The molecule has 2 amide bonds. The number of aliphatic hydroxyl groups excluding tert-OH is 1. The predicted octanol–water partition coefficient (Wildman–Crippen LogP) is 0.740. The molecule has 3 N–H and O–H groups in total. The third-order valence-electron chi connectivity index (χ3n) is 5.45. The fraction of sp³-hybridized carbons (Fsp3) is 0.476. The summed E-state index contributed by atoms with van der Waals surface area (Å²) in [7, 11) is 0. The van der Waals surface area contributed by atoms with E-state index in [1.807, 2.05) is 0 Å². The molecule has 2 fully saturated rings. The van der Waals surface area contributed by atoms with Gasteiger partial charge in [0.1, 0.15) is 28.4 Å². The van der Waals surface area contributed by atoms with Crippen molar-refractivity contribution < 1.29 is 34.1 Å². The minimum atomic E-state index is -1.46. The van der Waals surface area contributed by atoms with Gasteiger partial charge in [-0.25, -0.2) is 4.79 Å². The number of carboxylic acids is 1. The van der Waals surface area contributed by atoms with Crippen LogP contribution in [0.4, 0.5) is 0 Å². The van der Waals surface area contributed by atoms with Crippen molar-refractivity contribution in [3.63, 3.8) is 0 Å². The molecule has 0 bridgehead atoms. The van der Waals surface area contributed by atoms with E-state index in [1.165, 1.54) is 18.7 Å². The molecule has 0 saturated carbocycles. The normalized spacial score (nSPS) is 26.6. The summed E-state index contributed by atoms with van der Waals surface area (Å²) in [6.45, 7) is 0.990. The molecular formula is C21H23N3O7S3. The van der Waals surface area contributed by atoms with Gasteiger partial charge in [0.05, 0.1) is 0 Å². The van der Waals surface area contributed by atoms with E-state index in [9.17, 15) is 29.4 Å². The number of nitrogens with zero attached hydrogens (tertiary/aromatic N) is 2. The Morgan fingerprint density at radius 2 is 2.00 bits per heavy atom. The third-order valence-corrected chi connectivity index (χ3v) is 9.53. The number of carbonyl (C=O) groups is 4. The van der Waals surface area contributed by atoms with E-state index >= 15 is 0 Å². The Morgan fingerprint density at radius 3 is 2.62 bits per heavy atom. The van der Waals surface area contributed by atoms with E-state index in [1.54, 1.807) is 41.8 Å². The van der Waals surface area contributed by atoms with Crippen molar-refractivity contribution >= 4 is 64.8 Å². The van der Waals surface area contributed by atoms with Crippen molar-refractivity contribution in [2.75, 3.05) is 23.9 Å². The molecule has 0 aromatic heterocycles. The molecule has 4 aliphatic rings. The average molecular weight is 526 g/mol. The van der Waals surface area contributed by atoms with Crippen molar-refractivity contribution in [1.82, 2.24) is 10.2 Å². The van der Waals surface area contributed by atoms with Crippen LogP contribution < -0.4 is 5.32 Å². The van der Waals surface area contributed by atoms with Gasteiger partial charge in [0.15, 0.2) is 6.10 Å². The summed E-state index contributed by atoms with van der Waals surface area (Å²) in [4.78, 5) is 53.9. The molecule has 1 aliphatic carbocycles. The zero-order valence-corrected chi connectivity index (χ0v) is 20.6. The first kappa shape index (κ1) is 24.9. The van der Waals surface area contributed by atoms with Crippen LogP contribution in [0.3, 0.4) is 0 Å². The summed E-state index contributed by atoms with van der Waals surface area (Å²) in [5.74, 6) is -0.818. The lowest BCUT2D eigenvalue weighted by atomic mass is 9.99. The number of aliphatic carboxylic acids is 1. The maximum Gasteiger partial charge on any atom is 0.352 e. The quantitative estimate of drug-likeness (QED) is 0.321. The molecule has 182 valence electrons. The second-order valence-corrected chi connectivity index (χ2v) is 11.5. The van der Waals surface area contributed by atoms with Crippen molar-refractivity contribution in [2.24, 2.45) is 4.99 Å². The van der Waals surface area contributed by atoms with Gasteiger partial charge in [0, 0.05) is 41.9 Å². The highest BCUT2D eigenvalue weighted by Crippen LogP contribution is 2.40. The SMILES string of the molecule is CC(=O)OCC1=C(C(=O)O)N2C(=O)[C@@H](NC(=O)C(O)C3=CCC(=NC4SCCS4)C=C3)[C@H]2SC1. The van der Waals surface area contributed by atoms with Crippen LogP contribution in [-0.2, 0) is 23.9 Å². The number of carbonyl (C=O) groups excluding carboxylic acids is 3. The number of rotatable bonds is 7. The Kier molecular flexibility index (Phi) is 7.75. The second-order valence-electron chi connectivity index (χ2n) is 7.75. The van der Waals surface area contributed by atoms with Crippen molar-refractivity contribution in [2.45, 2.75) is 35.6 Å². The number of fused-ring (bicyclic) bond motifs is 1. The van der Waals surface area contributed by atoms with Crippen LogP contribution in [0.15, 0.2) is 40.1 Å². The van der Waals surface area contributed by atoms with Gasteiger partial charge in [-0.1, -0.05) is 12.2 Å². The Bertz CT molecular complexity index is 1030. The molecule has 13 heteroatoms. The first-order chi connectivity index (χ1) is 16.3. The highest BCUT2D eigenvalue weighted by Gasteiger charge is 2.54. The lowest BCUT2D eigenvalue weighted by Crippen LogP contribution is -2.71. The first-order valence-corrected chi connectivity index (χ1v) is 13.6. The van der Waals surface area contributed by atoms with Crippen LogP contribution in [0.25, 0.3) is 0 Å². The fourth-order valence-corrected chi connectivity index (χ4v) is 7.65. The highest BCUT2D eigenvalue weighted by atomic mass is 32.2. The number of nitrogens with one attached hydrogen (secondary N) is 1. The number of esters is 1. The van der Waals surface area contributed by atoms with Gasteiger partial charge in [0.2, 0.25) is 0 Å². The summed E-state index contributed by atoms with van der Waals surface area (Å²) >= 11 is 4.83. The van der Waals surface area contributed by atoms with Crippen LogP contribution in [-0.4, -0.2) is 90.7 Å². The van der Waals surface area contributed by atoms with Crippen LogP contribution in [0.5, 0.6) is 0 Å². The molecule has 10 nitrogen and oxygen atoms in total. The van der Waals surface area contributed by atoms with E-state index in [0.717, 1.165) is 22.1 Å². The Balaban J connectivity index is 1.37. The second kappa shape index (κ2) is 10.6. The summed E-state index contributed by atoms with van der Waals surface area (Å²) in [5, 5.41) is 22.0. The van der Waals surface area contributed by atoms with E-state index in [0.29, 0.717) is 17.6 Å². The number of thioether (sulfide) groups is 3. The molecule has 4 rings (SSSR count). The number of hydrogen-bond donors (Lipinski definition) is 3. The average Bonchev–Trinajstić information content (AvgIpc) is 3.33. The largest absolute Gasteiger partial charge is 0.477 e. The monoisotopic (exact) mass is 525 g/mol. The molecule has 1 unspecified atom stereocenters. The molecule has 2 saturated heterocycles. The van der Waals surface area contributed by atoms with Crippen LogP contribution in [0, 0.1) is 0 Å². The van der Waals surface area contributed by atoms with E-state index in [2.05, 4.69) is 10.3 Å². The lowest BCUT2D eigenvalue weighted by Gasteiger charge is -2.49. The molecular weight excluding hydrogens is 502 g/mol.